The number of amides is 1. The van der Waals surface area contributed by atoms with Gasteiger partial charge in [-0.3, -0.25) is 4.79 Å². The number of rotatable bonds is 6. The molecule has 0 aliphatic rings. The number of ether oxygens (including phenoxy) is 1. The van der Waals surface area contributed by atoms with Gasteiger partial charge in [-0.05, 0) is 39.0 Å². The first-order valence-electron chi connectivity index (χ1n) is 6.21. The van der Waals surface area contributed by atoms with E-state index in [4.69, 9.17) is 9.88 Å². The summed E-state index contributed by atoms with van der Waals surface area (Å²) in [4.78, 5) is 11.9. The fraction of sp³-hybridized carbons (Fsp3) is 0.462. The molecule has 1 rings (SSSR count). The van der Waals surface area contributed by atoms with Gasteiger partial charge >= 0.3 is 0 Å². The third kappa shape index (κ3) is 4.92. The van der Waals surface area contributed by atoms with Crippen LogP contribution in [0.3, 0.4) is 0 Å². The maximum atomic E-state index is 12.0. The van der Waals surface area contributed by atoms with Crippen LogP contribution in [0.5, 0.6) is 0 Å². The Morgan fingerprint density at radius 3 is 2.60 bits per heavy atom. The van der Waals surface area contributed by atoms with Crippen molar-refractivity contribution in [2.45, 2.75) is 31.3 Å². The second-order valence-corrected chi connectivity index (χ2v) is 6.51. The molecule has 20 heavy (non-hydrogen) atoms. The van der Waals surface area contributed by atoms with Gasteiger partial charge < -0.3 is 10.1 Å². The summed E-state index contributed by atoms with van der Waals surface area (Å²) in [6.45, 7) is 6.46. The quantitative estimate of drug-likeness (QED) is 0.814. The predicted octanol–water partition coefficient (Wildman–Crippen LogP) is 0.879. The van der Waals surface area contributed by atoms with Crippen molar-refractivity contribution in [3.8, 4) is 0 Å². The molecule has 3 N–H and O–H groups in total. The largest absolute Gasteiger partial charge is 0.374 e. The molecule has 1 aromatic rings. The summed E-state index contributed by atoms with van der Waals surface area (Å²) in [5, 5.41) is 7.73. The number of sulfonamides is 1. The van der Waals surface area contributed by atoms with E-state index in [-0.39, 0.29) is 16.4 Å². The van der Waals surface area contributed by atoms with Crippen LogP contribution in [0.15, 0.2) is 29.2 Å². The average Bonchev–Trinajstić information content (AvgIpc) is 2.35. The van der Waals surface area contributed by atoms with E-state index in [9.17, 15) is 13.2 Å². The minimum absolute atomic E-state index is 0.0887. The van der Waals surface area contributed by atoms with Gasteiger partial charge in [0, 0.05) is 18.7 Å². The molecule has 0 fully saturated rings. The highest BCUT2D eigenvalue weighted by molar-refractivity contribution is 7.89. The molecular formula is C13H20N2O4S. The number of nitrogens with two attached hydrogens (primary N) is 1. The van der Waals surface area contributed by atoms with Gasteiger partial charge in [0.25, 0.3) is 5.91 Å². The number of benzene rings is 1. The number of nitrogens with one attached hydrogen (secondary N) is 1. The summed E-state index contributed by atoms with van der Waals surface area (Å²) in [7, 11) is -3.82. The summed E-state index contributed by atoms with van der Waals surface area (Å²) in [6.07, 6.45) is 0. The van der Waals surface area contributed by atoms with Crippen LogP contribution in [0, 0.1) is 0 Å². The minimum atomic E-state index is -3.82. The number of hydrogen-bond acceptors (Lipinski definition) is 4. The minimum Gasteiger partial charge on any atom is -0.374 e. The molecule has 0 unspecified atom stereocenters. The van der Waals surface area contributed by atoms with Gasteiger partial charge in [0.2, 0.25) is 10.0 Å². The maximum absolute atomic E-state index is 12.0. The molecule has 0 aliphatic heterocycles. The highest BCUT2D eigenvalue weighted by Gasteiger charge is 2.19. The Morgan fingerprint density at radius 1 is 1.40 bits per heavy atom. The average molecular weight is 300 g/mol. The second-order valence-electron chi connectivity index (χ2n) is 4.95. The number of hydrogen-bond donors (Lipinski definition) is 2. The van der Waals surface area contributed by atoms with Gasteiger partial charge in [0.15, 0.2) is 0 Å². The van der Waals surface area contributed by atoms with E-state index < -0.39 is 15.6 Å². The van der Waals surface area contributed by atoms with E-state index in [0.717, 1.165) is 0 Å². The molecule has 7 heteroatoms. The van der Waals surface area contributed by atoms with E-state index in [0.29, 0.717) is 13.2 Å². The summed E-state index contributed by atoms with van der Waals surface area (Å²) >= 11 is 0. The Balaban J connectivity index is 2.79. The first-order chi connectivity index (χ1) is 9.15. The van der Waals surface area contributed by atoms with Crippen molar-refractivity contribution < 1.29 is 17.9 Å². The van der Waals surface area contributed by atoms with Crippen molar-refractivity contribution in [2.75, 3.05) is 13.2 Å². The molecule has 0 aromatic heterocycles. The molecule has 112 valence electrons. The normalized spacial score (nSPS) is 12.2. The smallest absolute Gasteiger partial charge is 0.251 e. The number of carbonyl (C=O) groups excluding carboxylic acids is 1. The molecule has 0 aliphatic carbocycles. The van der Waals surface area contributed by atoms with Crippen LogP contribution in [-0.4, -0.2) is 33.1 Å². The van der Waals surface area contributed by atoms with Crippen molar-refractivity contribution in [1.29, 1.82) is 0 Å². The number of primary sulfonamides is 1. The van der Waals surface area contributed by atoms with Crippen molar-refractivity contribution in [3.63, 3.8) is 0 Å². The second kappa shape index (κ2) is 6.34. The van der Waals surface area contributed by atoms with Crippen LogP contribution in [-0.2, 0) is 14.8 Å². The SMILES string of the molecule is CCOC(C)(C)CNC(=O)c1cccc(S(N)(=O)=O)c1. The fourth-order valence-corrected chi connectivity index (χ4v) is 2.21. The summed E-state index contributed by atoms with van der Waals surface area (Å²) in [6, 6.07) is 5.59. The summed E-state index contributed by atoms with van der Waals surface area (Å²) < 4.78 is 27.9. The van der Waals surface area contributed by atoms with Crippen molar-refractivity contribution in [3.05, 3.63) is 29.8 Å². The van der Waals surface area contributed by atoms with Crippen LogP contribution in [0.1, 0.15) is 31.1 Å². The standard InChI is InChI=1S/C13H20N2O4S/c1-4-19-13(2,3)9-15-12(16)10-6-5-7-11(8-10)20(14,17)18/h5-8H,4,9H2,1-3H3,(H,15,16)(H2,14,17,18). The molecule has 0 saturated heterocycles. The predicted molar refractivity (Wildman–Crippen MR) is 75.9 cm³/mol. The zero-order chi connectivity index (χ0) is 15.4. The fourth-order valence-electron chi connectivity index (χ4n) is 1.65. The Labute approximate surface area is 119 Å². The van der Waals surface area contributed by atoms with Crippen LogP contribution in [0.2, 0.25) is 0 Å². The van der Waals surface area contributed by atoms with Gasteiger partial charge in [-0.25, -0.2) is 13.6 Å². The van der Waals surface area contributed by atoms with E-state index >= 15 is 0 Å². The molecule has 0 radical (unpaired) electrons. The van der Waals surface area contributed by atoms with Crippen LogP contribution in [0.25, 0.3) is 0 Å². The van der Waals surface area contributed by atoms with E-state index in [1.165, 1.54) is 24.3 Å². The Bertz CT molecular complexity index is 582. The first kappa shape index (κ1) is 16.6. The van der Waals surface area contributed by atoms with E-state index in [1.54, 1.807) is 0 Å². The molecule has 0 heterocycles. The van der Waals surface area contributed by atoms with Gasteiger partial charge in [-0.2, -0.15) is 0 Å². The number of carbonyl (C=O) groups is 1. The van der Waals surface area contributed by atoms with Crippen molar-refractivity contribution >= 4 is 15.9 Å². The monoisotopic (exact) mass is 300 g/mol. The molecule has 1 amide bonds. The van der Waals surface area contributed by atoms with Crippen LogP contribution >= 0.6 is 0 Å². The lowest BCUT2D eigenvalue weighted by Crippen LogP contribution is -2.40. The molecule has 6 nitrogen and oxygen atoms in total. The maximum Gasteiger partial charge on any atom is 0.251 e. The molecular weight excluding hydrogens is 280 g/mol. The van der Waals surface area contributed by atoms with Gasteiger partial charge in [-0.1, -0.05) is 6.07 Å². The summed E-state index contributed by atoms with van der Waals surface area (Å²) in [5.74, 6) is -0.372. The highest BCUT2D eigenvalue weighted by Crippen LogP contribution is 2.11. The van der Waals surface area contributed by atoms with Gasteiger partial charge in [-0.15, -0.1) is 0 Å². The zero-order valence-electron chi connectivity index (χ0n) is 11.8. The lowest BCUT2D eigenvalue weighted by atomic mass is 10.1. The Kier molecular flexibility index (Phi) is 5.27. The van der Waals surface area contributed by atoms with Crippen LogP contribution < -0.4 is 10.5 Å². The molecule has 1 aromatic carbocycles. The van der Waals surface area contributed by atoms with Crippen LogP contribution in [0.4, 0.5) is 0 Å². The molecule has 0 atom stereocenters. The topological polar surface area (TPSA) is 98.5 Å². The summed E-state index contributed by atoms with van der Waals surface area (Å²) in [5.41, 5.74) is -0.245. The zero-order valence-corrected chi connectivity index (χ0v) is 12.7. The third-order valence-corrected chi connectivity index (χ3v) is 3.55. The van der Waals surface area contributed by atoms with Crippen molar-refractivity contribution in [1.82, 2.24) is 5.32 Å². The molecule has 0 saturated carbocycles. The Hall–Kier alpha value is -1.44. The van der Waals surface area contributed by atoms with E-state index in [1.807, 2.05) is 20.8 Å². The van der Waals surface area contributed by atoms with Gasteiger partial charge in [0.05, 0.1) is 10.5 Å². The first-order valence-corrected chi connectivity index (χ1v) is 7.75. The highest BCUT2D eigenvalue weighted by atomic mass is 32.2. The van der Waals surface area contributed by atoms with Gasteiger partial charge in [0.1, 0.15) is 0 Å². The lowest BCUT2D eigenvalue weighted by Gasteiger charge is -2.24. The third-order valence-electron chi connectivity index (χ3n) is 2.63. The molecule has 0 bridgehead atoms. The van der Waals surface area contributed by atoms with Crippen molar-refractivity contribution in [2.24, 2.45) is 5.14 Å². The molecule has 0 spiro atoms. The lowest BCUT2D eigenvalue weighted by molar-refractivity contribution is -0.00815. The Morgan fingerprint density at radius 2 is 2.05 bits per heavy atom. The van der Waals surface area contributed by atoms with E-state index in [2.05, 4.69) is 5.32 Å².